The van der Waals surface area contributed by atoms with E-state index in [2.05, 4.69) is 19.2 Å². The van der Waals surface area contributed by atoms with E-state index in [1.54, 1.807) is 0 Å². The molecule has 0 aliphatic carbocycles. The fraction of sp³-hybridized carbons (Fsp3) is 0.974. The second-order valence-electron chi connectivity index (χ2n) is 26.7. The van der Waals surface area contributed by atoms with Gasteiger partial charge < -0.3 is 20.3 Å². The van der Waals surface area contributed by atoms with Gasteiger partial charge in [-0.3, -0.25) is 9.59 Å². The minimum atomic E-state index is -0.662. The Morgan fingerprint density at radius 3 is 0.744 bits per heavy atom. The summed E-state index contributed by atoms with van der Waals surface area (Å²) in [6.07, 6.45) is 88.9. The van der Waals surface area contributed by atoms with E-state index in [1.807, 2.05) is 0 Å². The van der Waals surface area contributed by atoms with Crippen molar-refractivity contribution in [2.24, 2.45) is 0 Å². The van der Waals surface area contributed by atoms with Crippen LogP contribution in [0.1, 0.15) is 450 Å². The molecule has 0 rings (SSSR count). The highest BCUT2D eigenvalue weighted by Gasteiger charge is 2.20. The largest absolute Gasteiger partial charge is 0.466 e. The SMILES string of the molecule is CCCCCCCCCCCCCCCCCCCCCCCCC(O)C(CO)NC(=O)CCCCCCCCCCCCCCCCCCCCCCCCCCCCCCCOC(=O)CCCCCCCCCCCCCCCC. The highest BCUT2D eigenvalue weighted by atomic mass is 16.5. The first kappa shape index (κ1) is 80.9. The van der Waals surface area contributed by atoms with E-state index in [4.69, 9.17) is 4.74 Å². The van der Waals surface area contributed by atoms with Crippen LogP contribution in [0.3, 0.4) is 0 Å². The van der Waals surface area contributed by atoms with Gasteiger partial charge >= 0.3 is 5.97 Å². The minimum absolute atomic E-state index is 0.0233. The van der Waals surface area contributed by atoms with Crippen molar-refractivity contribution in [1.82, 2.24) is 5.32 Å². The molecule has 0 saturated heterocycles. The fourth-order valence-corrected chi connectivity index (χ4v) is 12.6. The number of rotatable bonds is 73. The van der Waals surface area contributed by atoms with Crippen LogP contribution >= 0.6 is 0 Å². The highest BCUT2D eigenvalue weighted by Crippen LogP contribution is 2.20. The summed E-state index contributed by atoms with van der Waals surface area (Å²) in [6, 6.07) is -0.539. The zero-order valence-electron chi connectivity index (χ0n) is 56.3. The van der Waals surface area contributed by atoms with E-state index in [1.165, 1.54) is 379 Å². The Kier molecular flexibility index (Phi) is 71.3. The van der Waals surface area contributed by atoms with Crippen molar-refractivity contribution < 1.29 is 24.5 Å². The molecule has 2 atom stereocenters. The Morgan fingerprint density at radius 1 is 0.293 bits per heavy atom. The van der Waals surface area contributed by atoms with Gasteiger partial charge in [0.2, 0.25) is 5.91 Å². The Balaban J connectivity index is 3.33. The van der Waals surface area contributed by atoms with Crippen LogP contribution in [0.5, 0.6) is 0 Å². The number of aliphatic hydroxyl groups is 2. The summed E-state index contributed by atoms with van der Waals surface area (Å²) in [6.45, 7) is 5.02. The lowest BCUT2D eigenvalue weighted by Gasteiger charge is -2.22. The van der Waals surface area contributed by atoms with Crippen molar-refractivity contribution in [3.05, 3.63) is 0 Å². The molecule has 3 N–H and O–H groups in total. The topological polar surface area (TPSA) is 95.9 Å². The molecule has 490 valence electrons. The number of carbonyl (C=O) groups excluding carboxylic acids is 2. The van der Waals surface area contributed by atoms with Crippen LogP contribution in [0, 0.1) is 0 Å². The van der Waals surface area contributed by atoms with Crippen LogP contribution in [-0.2, 0) is 14.3 Å². The van der Waals surface area contributed by atoms with Crippen molar-refractivity contribution in [1.29, 1.82) is 0 Å². The Bertz CT molecular complexity index is 1200. The van der Waals surface area contributed by atoms with Gasteiger partial charge in [0, 0.05) is 12.8 Å². The van der Waals surface area contributed by atoms with Crippen LogP contribution in [0.25, 0.3) is 0 Å². The molecule has 0 saturated carbocycles. The van der Waals surface area contributed by atoms with Crippen molar-refractivity contribution in [3.8, 4) is 0 Å². The molecule has 0 aromatic carbocycles. The highest BCUT2D eigenvalue weighted by molar-refractivity contribution is 5.76. The maximum Gasteiger partial charge on any atom is 0.305 e. The van der Waals surface area contributed by atoms with Crippen LogP contribution in [-0.4, -0.2) is 47.4 Å². The molecule has 6 heteroatoms. The number of hydrogen-bond acceptors (Lipinski definition) is 5. The number of nitrogens with one attached hydrogen (secondary N) is 1. The van der Waals surface area contributed by atoms with Crippen molar-refractivity contribution in [2.45, 2.75) is 463 Å². The van der Waals surface area contributed by atoms with Gasteiger partial charge in [-0.15, -0.1) is 0 Å². The van der Waals surface area contributed by atoms with Gasteiger partial charge in [0.1, 0.15) is 0 Å². The molecule has 0 aromatic heterocycles. The zero-order valence-corrected chi connectivity index (χ0v) is 56.3. The standard InChI is InChI=1S/C76H151NO5/c1-3-5-7-9-11-13-15-17-19-20-21-22-32-35-38-41-44-48-52-56-60-64-68-74(79)73(72-78)77-75(80)69-65-61-57-53-49-45-42-39-36-33-30-28-26-24-23-25-27-29-31-34-37-40-43-47-51-55-59-63-67-71-82-76(81)70-66-62-58-54-50-46-18-16-14-12-10-8-6-4-2/h73-74,78-79H,3-72H2,1-2H3,(H,77,80). The predicted molar refractivity (Wildman–Crippen MR) is 361 cm³/mol. The summed E-state index contributed by atoms with van der Waals surface area (Å²) in [5, 5.41) is 23.5. The molecule has 1 amide bonds. The van der Waals surface area contributed by atoms with Crippen LogP contribution in [0.4, 0.5) is 0 Å². The summed E-state index contributed by atoms with van der Waals surface area (Å²) in [5.41, 5.74) is 0. The van der Waals surface area contributed by atoms with Crippen molar-refractivity contribution in [2.75, 3.05) is 13.2 Å². The summed E-state index contributed by atoms with van der Waals surface area (Å²) in [5.74, 6) is -0.00205. The third-order valence-electron chi connectivity index (χ3n) is 18.4. The second-order valence-corrected chi connectivity index (χ2v) is 26.7. The summed E-state index contributed by atoms with van der Waals surface area (Å²) in [4.78, 5) is 24.6. The number of aliphatic hydroxyl groups excluding tert-OH is 2. The molecule has 82 heavy (non-hydrogen) atoms. The first-order chi connectivity index (χ1) is 40.5. The maximum atomic E-state index is 12.6. The predicted octanol–water partition coefficient (Wildman–Crippen LogP) is 24.9. The number of unbranched alkanes of at least 4 members (excludes halogenated alkanes) is 62. The maximum absolute atomic E-state index is 12.6. The quantitative estimate of drug-likeness (QED) is 0.0417. The third kappa shape index (κ3) is 68.0. The first-order valence-corrected chi connectivity index (χ1v) is 38.3. The van der Waals surface area contributed by atoms with Crippen LogP contribution < -0.4 is 5.32 Å². The van der Waals surface area contributed by atoms with Crippen molar-refractivity contribution in [3.63, 3.8) is 0 Å². The molecule has 0 aliphatic heterocycles. The van der Waals surface area contributed by atoms with Crippen LogP contribution in [0.2, 0.25) is 0 Å². The Hall–Kier alpha value is -1.14. The molecular weight excluding hydrogens is 1010 g/mol. The smallest absolute Gasteiger partial charge is 0.305 e. The Morgan fingerprint density at radius 2 is 0.500 bits per heavy atom. The molecule has 0 fully saturated rings. The molecule has 2 unspecified atom stereocenters. The van der Waals surface area contributed by atoms with E-state index in [9.17, 15) is 19.8 Å². The molecule has 0 bridgehead atoms. The monoisotopic (exact) mass is 1160 g/mol. The van der Waals surface area contributed by atoms with Gasteiger partial charge in [0.15, 0.2) is 0 Å². The average molecular weight is 1160 g/mol. The van der Waals surface area contributed by atoms with Gasteiger partial charge in [-0.25, -0.2) is 0 Å². The number of ether oxygens (including phenoxy) is 1. The summed E-state index contributed by atoms with van der Waals surface area (Å²) >= 11 is 0. The number of carbonyl (C=O) groups is 2. The van der Waals surface area contributed by atoms with E-state index in [0.29, 0.717) is 25.9 Å². The van der Waals surface area contributed by atoms with E-state index in [-0.39, 0.29) is 18.5 Å². The second kappa shape index (κ2) is 72.3. The average Bonchev–Trinajstić information content (AvgIpc) is 3.48. The molecular formula is C76H151NO5. The van der Waals surface area contributed by atoms with Gasteiger partial charge in [-0.2, -0.15) is 0 Å². The molecule has 6 nitrogen and oxygen atoms in total. The molecule has 0 radical (unpaired) electrons. The third-order valence-corrected chi connectivity index (χ3v) is 18.4. The van der Waals surface area contributed by atoms with E-state index in [0.717, 1.165) is 38.5 Å². The molecule has 0 heterocycles. The lowest BCUT2D eigenvalue weighted by molar-refractivity contribution is -0.143. The normalized spacial score (nSPS) is 12.4. The Labute approximate surface area is 515 Å². The lowest BCUT2D eigenvalue weighted by atomic mass is 10.0. The van der Waals surface area contributed by atoms with Gasteiger partial charge in [-0.1, -0.05) is 412 Å². The summed E-state index contributed by atoms with van der Waals surface area (Å²) in [7, 11) is 0. The molecule has 0 spiro atoms. The van der Waals surface area contributed by atoms with Crippen molar-refractivity contribution >= 4 is 11.9 Å². The zero-order chi connectivity index (χ0) is 59.2. The number of esters is 1. The molecule has 0 aromatic rings. The summed E-state index contributed by atoms with van der Waals surface area (Å²) < 4.78 is 5.50. The lowest BCUT2D eigenvalue weighted by Crippen LogP contribution is -2.45. The van der Waals surface area contributed by atoms with Gasteiger partial charge in [0.05, 0.1) is 25.4 Å². The van der Waals surface area contributed by atoms with E-state index >= 15 is 0 Å². The van der Waals surface area contributed by atoms with Crippen LogP contribution in [0.15, 0.2) is 0 Å². The van der Waals surface area contributed by atoms with Gasteiger partial charge in [0.25, 0.3) is 0 Å². The van der Waals surface area contributed by atoms with Gasteiger partial charge in [-0.05, 0) is 25.7 Å². The minimum Gasteiger partial charge on any atom is -0.466 e. The molecule has 0 aliphatic rings. The fourth-order valence-electron chi connectivity index (χ4n) is 12.6. The van der Waals surface area contributed by atoms with E-state index < -0.39 is 12.1 Å². The number of amides is 1. The number of hydrogen-bond donors (Lipinski definition) is 3. The first-order valence-electron chi connectivity index (χ1n) is 38.3.